The Morgan fingerprint density at radius 1 is 0.588 bits per heavy atom. The average Bonchev–Trinajstić information content (AvgIpc) is 2.99. The van der Waals surface area contributed by atoms with Gasteiger partial charge in [0.25, 0.3) is 0 Å². The molecule has 34 heavy (non-hydrogen) atoms. The van der Waals surface area contributed by atoms with Gasteiger partial charge in [-0.25, -0.2) is 0 Å². The van der Waals surface area contributed by atoms with E-state index in [9.17, 15) is 0 Å². The van der Waals surface area contributed by atoms with E-state index >= 15 is 0 Å². The first-order chi connectivity index (χ1) is 13.8. The zero-order chi connectivity index (χ0) is 23.3. The van der Waals surface area contributed by atoms with E-state index in [0.29, 0.717) is 0 Å². The van der Waals surface area contributed by atoms with Crippen molar-refractivity contribution in [1.29, 1.82) is 0 Å². The molecule has 0 saturated carbocycles. The molecule has 0 fully saturated rings. The van der Waals surface area contributed by atoms with Gasteiger partial charge < -0.3 is 40.1 Å². The van der Waals surface area contributed by atoms with Crippen LogP contribution in [0.15, 0.2) is 24.3 Å². The average molecular weight is 874 g/mol. The molecule has 3 rings (SSSR count). The Morgan fingerprint density at radius 2 is 0.824 bits per heavy atom. The minimum absolute atomic E-state index is 0. The molecule has 0 saturated heterocycles. The van der Waals surface area contributed by atoms with E-state index in [2.05, 4.69) is 69.2 Å². The third kappa shape index (κ3) is 10.7. The molecule has 0 nitrogen and oxygen atoms in total. The van der Waals surface area contributed by atoms with Gasteiger partial charge >= 0.3 is 0 Å². The Hall–Kier alpha value is 0.209. The third-order valence-electron chi connectivity index (χ3n) is 6.77. The topological polar surface area (TPSA) is 0 Å². The van der Waals surface area contributed by atoms with E-state index in [1.54, 1.807) is 12.1 Å². The van der Waals surface area contributed by atoms with E-state index in [0.717, 1.165) is 10.6 Å². The number of hydrogen-bond acceptors (Lipinski definition) is 2. The van der Waals surface area contributed by atoms with Gasteiger partial charge in [-0.3, -0.25) is 4.58 Å². The van der Waals surface area contributed by atoms with Crippen molar-refractivity contribution < 1.29 is 40.2 Å². The molecule has 0 amide bonds. The van der Waals surface area contributed by atoms with Gasteiger partial charge in [-0.2, -0.15) is 55.6 Å². The summed E-state index contributed by atoms with van der Waals surface area (Å²) < 4.78 is -0.239. The summed E-state index contributed by atoms with van der Waals surface area (Å²) in [4.78, 5) is 0. The van der Waals surface area contributed by atoms with Crippen LogP contribution in [0.25, 0.3) is 0 Å². The van der Waals surface area contributed by atoms with Gasteiger partial charge in [0.05, 0.1) is 0 Å². The minimum Gasteiger partial charge on any atom is -0.810 e. The molecule has 0 aliphatic carbocycles. The van der Waals surface area contributed by atoms with Crippen LogP contribution in [0.5, 0.6) is 0 Å². The number of halogens is 1. The van der Waals surface area contributed by atoms with Crippen LogP contribution in [0.3, 0.4) is 0 Å². The Morgan fingerprint density at radius 3 is 0.971 bits per heavy atom. The summed E-state index contributed by atoms with van der Waals surface area (Å²) in [5.41, 5.74) is 15.6. The Labute approximate surface area is 254 Å². The maximum atomic E-state index is 5.65. The zero-order valence-electron chi connectivity index (χ0n) is 22.7. The largest absolute Gasteiger partial charge is 0.810 e. The summed E-state index contributed by atoms with van der Waals surface area (Å²) in [5.74, 6) is 0. The standard InChI is InChI=1S/2C10H15.C7H7ClS2.2CH3.2Ir/c2*1-6-7(2)9(4)10(5)8(6)3;8-6-3-1-5(2-4-6)7(9)10;;;;/h2*1-5H3;1-4,7,9-10H;2*1H3;;/q2*-1;;2*-1;;/p-2. The van der Waals surface area contributed by atoms with Crippen LogP contribution in [0.4, 0.5) is 0 Å². The molecular weight excluding hydrogens is 832 g/mol. The minimum atomic E-state index is -0.239. The summed E-state index contributed by atoms with van der Waals surface area (Å²) in [6.45, 7) is 22.0. The Bertz CT molecular complexity index is 764. The fraction of sp³-hybridized carbons (Fsp3) is 0.379. The van der Waals surface area contributed by atoms with Crippen LogP contribution < -0.4 is 0 Å². The molecule has 0 heterocycles. The molecule has 0 atom stereocenters. The van der Waals surface area contributed by atoms with Crippen LogP contribution in [0.2, 0.25) is 5.02 Å². The van der Waals surface area contributed by atoms with Crippen molar-refractivity contribution in [3.8, 4) is 0 Å². The molecule has 200 valence electrons. The number of rotatable bonds is 1. The first kappa shape index (κ1) is 41.3. The second-order valence-electron chi connectivity index (χ2n) is 8.13. The van der Waals surface area contributed by atoms with E-state index in [1.165, 1.54) is 55.6 Å². The van der Waals surface area contributed by atoms with Crippen molar-refractivity contribution in [1.82, 2.24) is 0 Å². The quantitative estimate of drug-likeness (QED) is 0.177. The second kappa shape index (κ2) is 18.5. The number of hydrogen-bond donors (Lipinski definition) is 0. The molecule has 0 bridgehead atoms. The molecular formula is C29H41ClIr2S2-6. The normalized spacial score (nSPS) is 9.24. The van der Waals surface area contributed by atoms with Gasteiger partial charge in [0.1, 0.15) is 0 Å². The zero-order valence-corrected chi connectivity index (χ0v) is 29.9. The smallest absolute Gasteiger partial charge is 0.0406 e. The number of benzene rings is 1. The molecule has 0 aliphatic heterocycles. The molecule has 0 N–H and O–H groups in total. The fourth-order valence-electron chi connectivity index (χ4n) is 3.43. The molecule has 3 aromatic rings. The van der Waals surface area contributed by atoms with E-state index < -0.39 is 0 Å². The van der Waals surface area contributed by atoms with Gasteiger partial charge in [-0.05, 0) is 12.1 Å². The van der Waals surface area contributed by atoms with Crippen molar-refractivity contribution >= 4 is 36.9 Å². The van der Waals surface area contributed by atoms with Gasteiger partial charge in [0.15, 0.2) is 0 Å². The molecule has 0 aromatic heterocycles. The van der Waals surface area contributed by atoms with Crippen molar-refractivity contribution in [3.63, 3.8) is 0 Å². The fourth-order valence-corrected chi connectivity index (χ4v) is 3.87. The molecule has 5 heteroatoms. The summed E-state index contributed by atoms with van der Waals surface area (Å²) >= 11 is 15.4. The molecule has 0 unspecified atom stereocenters. The van der Waals surface area contributed by atoms with Crippen LogP contribution in [0, 0.1) is 84.1 Å². The van der Waals surface area contributed by atoms with Crippen molar-refractivity contribution in [2.45, 2.75) is 73.8 Å². The Balaban J connectivity index is -0.000000187. The van der Waals surface area contributed by atoms with Gasteiger partial charge in [-0.15, -0.1) is 0 Å². The maximum absolute atomic E-state index is 5.65. The second-order valence-corrected chi connectivity index (χ2v) is 9.81. The molecule has 0 aliphatic rings. The first-order valence-electron chi connectivity index (χ1n) is 10.3. The summed E-state index contributed by atoms with van der Waals surface area (Å²) in [7, 11) is 0. The SMILES string of the molecule is Cc1c(C)c(C)[c-](C)c1C.Cc1c(C)c(C)[c-](C)c1C.[CH3-].[CH3-].[Ir].[Ir].[S-]C([S-])c1ccc(Cl)cc1. The first-order valence-corrected chi connectivity index (χ1v) is 11.6. The summed E-state index contributed by atoms with van der Waals surface area (Å²) in [6, 6.07) is 7.30. The summed E-state index contributed by atoms with van der Waals surface area (Å²) in [6.07, 6.45) is 0. The molecule has 2 radical (unpaired) electrons. The van der Waals surface area contributed by atoms with Crippen LogP contribution in [0.1, 0.15) is 65.8 Å². The Kier molecular flexibility index (Phi) is 22.4. The molecule has 0 spiro atoms. The van der Waals surface area contributed by atoms with Crippen LogP contribution in [-0.4, -0.2) is 0 Å². The summed E-state index contributed by atoms with van der Waals surface area (Å²) in [5, 5.41) is 0.717. The predicted octanol–water partition coefficient (Wildman–Crippen LogP) is 9.22. The molecule has 3 aromatic carbocycles. The van der Waals surface area contributed by atoms with E-state index in [1.807, 2.05) is 12.1 Å². The predicted molar refractivity (Wildman–Crippen MR) is 153 cm³/mol. The van der Waals surface area contributed by atoms with Crippen LogP contribution in [-0.2, 0) is 65.5 Å². The van der Waals surface area contributed by atoms with E-state index in [-0.39, 0.29) is 59.6 Å². The monoisotopic (exact) mass is 874 g/mol. The van der Waals surface area contributed by atoms with Crippen molar-refractivity contribution in [3.05, 3.63) is 105 Å². The third-order valence-corrected chi connectivity index (χ3v) is 7.56. The van der Waals surface area contributed by atoms with Crippen molar-refractivity contribution in [2.24, 2.45) is 0 Å². The van der Waals surface area contributed by atoms with Gasteiger partial charge in [0, 0.05) is 45.2 Å². The van der Waals surface area contributed by atoms with Crippen molar-refractivity contribution in [2.75, 3.05) is 0 Å². The van der Waals surface area contributed by atoms with E-state index in [4.69, 9.17) is 36.9 Å². The van der Waals surface area contributed by atoms with Crippen LogP contribution >= 0.6 is 11.6 Å². The maximum Gasteiger partial charge on any atom is 0.0406 e. The van der Waals surface area contributed by atoms with Gasteiger partial charge in [-0.1, -0.05) is 98.5 Å². The van der Waals surface area contributed by atoms with Gasteiger partial charge in [0.2, 0.25) is 0 Å².